The molecule has 3 aliphatic rings. The van der Waals surface area contributed by atoms with Gasteiger partial charge in [-0.1, -0.05) is 12.8 Å². The van der Waals surface area contributed by atoms with E-state index >= 15 is 0 Å². The van der Waals surface area contributed by atoms with Gasteiger partial charge in [-0.2, -0.15) is 9.41 Å². The fourth-order valence-electron chi connectivity index (χ4n) is 5.50. The van der Waals surface area contributed by atoms with E-state index in [9.17, 15) is 13.2 Å². The summed E-state index contributed by atoms with van der Waals surface area (Å²) in [5.41, 5.74) is 2.30. The van der Waals surface area contributed by atoms with Crippen molar-refractivity contribution in [2.45, 2.75) is 44.4 Å². The summed E-state index contributed by atoms with van der Waals surface area (Å²) in [6.45, 7) is 6.33. The molecule has 2 aromatic carbocycles. The lowest BCUT2D eigenvalue weighted by Gasteiger charge is -2.38. The zero-order valence-electron chi connectivity index (χ0n) is 22.0. The average molecular weight is 542 g/mol. The molecule has 204 valence electrons. The molecular weight excluding hydrogens is 506 g/mol. The highest BCUT2D eigenvalue weighted by molar-refractivity contribution is 7.89. The number of benzene rings is 2. The molecule has 2 aromatic rings. The molecule has 2 fully saturated rings. The van der Waals surface area contributed by atoms with Crippen LogP contribution >= 0.6 is 0 Å². The average Bonchev–Trinajstić information content (AvgIpc) is 2.95. The van der Waals surface area contributed by atoms with Crippen molar-refractivity contribution in [3.8, 4) is 11.5 Å². The third kappa shape index (κ3) is 5.17. The number of amides is 1. The third-order valence-electron chi connectivity index (χ3n) is 7.38. The van der Waals surface area contributed by atoms with Gasteiger partial charge in [-0.3, -0.25) is 4.79 Å². The molecule has 0 aromatic heterocycles. The van der Waals surface area contributed by atoms with Crippen LogP contribution in [0.2, 0.25) is 0 Å². The molecule has 1 saturated heterocycles. The van der Waals surface area contributed by atoms with Crippen molar-refractivity contribution in [1.82, 2.24) is 4.31 Å². The first-order valence-electron chi connectivity index (χ1n) is 13.4. The van der Waals surface area contributed by atoms with Crippen molar-refractivity contribution in [1.29, 1.82) is 0 Å². The largest absolute Gasteiger partial charge is 0.490 e. The van der Waals surface area contributed by atoms with Crippen molar-refractivity contribution >= 4 is 27.3 Å². The lowest BCUT2D eigenvalue weighted by molar-refractivity contribution is -0.124. The molecule has 5 rings (SSSR count). The van der Waals surface area contributed by atoms with Gasteiger partial charge < -0.3 is 14.2 Å². The van der Waals surface area contributed by atoms with Crippen LogP contribution in [0.4, 0.5) is 5.69 Å². The van der Waals surface area contributed by atoms with Crippen molar-refractivity contribution in [3.05, 3.63) is 48.0 Å². The predicted octanol–water partition coefficient (Wildman–Crippen LogP) is 4.06. The second-order valence-corrected chi connectivity index (χ2v) is 11.6. The van der Waals surface area contributed by atoms with Gasteiger partial charge in [-0.15, -0.1) is 0 Å². The summed E-state index contributed by atoms with van der Waals surface area (Å²) in [5, 5.41) is 6.32. The van der Waals surface area contributed by atoms with Crippen LogP contribution in [0.1, 0.15) is 45.1 Å². The molecule has 0 spiro atoms. The first-order valence-corrected chi connectivity index (χ1v) is 14.9. The lowest BCUT2D eigenvalue weighted by Crippen LogP contribution is -2.46. The van der Waals surface area contributed by atoms with E-state index in [1.165, 1.54) is 9.31 Å². The van der Waals surface area contributed by atoms with Crippen molar-refractivity contribution in [2.24, 2.45) is 16.9 Å². The summed E-state index contributed by atoms with van der Waals surface area (Å²) in [5.74, 6) is 1.15. The molecule has 2 atom stereocenters. The van der Waals surface area contributed by atoms with E-state index < -0.39 is 10.0 Å². The molecule has 38 heavy (non-hydrogen) atoms. The van der Waals surface area contributed by atoms with Gasteiger partial charge in [0.2, 0.25) is 10.0 Å². The van der Waals surface area contributed by atoms with E-state index in [0.717, 1.165) is 37.0 Å². The zero-order valence-corrected chi connectivity index (χ0v) is 22.8. The third-order valence-corrected chi connectivity index (χ3v) is 9.29. The van der Waals surface area contributed by atoms with Gasteiger partial charge in [0.25, 0.3) is 5.91 Å². The molecular formula is C28H35N3O6S. The molecule has 2 heterocycles. The Morgan fingerprint density at radius 2 is 1.58 bits per heavy atom. The number of nitrogens with zero attached hydrogens (tertiary/aromatic N) is 3. The maximum atomic E-state index is 13.6. The highest BCUT2D eigenvalue weighted by Crippen LogP contribution is 2.40. The fourth-order valence-corrected chi connectivity index (χ4v) is 6.91. The second kappa shape index (κ2) is 11.4. The van der Waals surface area contributed by atoms with Crippen LogP contribution in [-0.2, 0) is 19.6 Å². The van der Waals surface area contributed by atoms with Gasteiger partial charge in [0.05, 0.1) is 42.7 Å². The quantitative estimate of drug-likeness (QED) is 0.500. The number of hydrogen-bond donors (Lipinski definition) is 0. The predicted molar refractivity (Wildman–Crippen MR) is 144 cm³/mol. The molecule has 1 aliphatic carbocycles. The van der Waals surface area contributed by atoms with Gasteiger partial charge in [-0.05, 0) is 69.2 Å². The topological polar surface area (TPSA) is 97.7 Å². The van der Waals surface area contributed by atoms with Crippen LogP contribution in [-0.4, -0.2) is 63.9 Å². The number of carbonyl (C=O) groups is 1. The molecule has 0 N–H and O–H groups in total. The van der Waals surface area contributed by atoms with Crippen LogP contribution in [0.15, 0.2) is 52.5 Å². The minimum atomic E-state index is -3.63. The Labute approximate surface area is 224 Å². The first-order chi connectivity index (χ1) is 18.4. The van der Waals surface area contributed by atoms with E-state index in [1.807, 2.05) is 32.0 Å². The van der Waals surface area contributed by atoms with Gasteiger partial charge in [0.1, 0.15) is 0 Å². The summed E-state index contributed by atoms with van der Waals surface area (Å²) in [4.78, 5) is 13.8. The number of anilines is 1. The Morgan fingerprint density at radius 3 is 2.26 bits per heavy atom. The number of ether oxygens (including phenoxy) is 3. The minimum absolute atomic E-state index is 0.0286. The number of rotatable bonds is 8. The van der Waals surface area contributed by atoms with Crippen molar-refractivity contribution in [2.75, 3.05) is 44.5 Å². The Morgan fingerprint density at radius 1 is 0.921 bits per heavy atom. The summed E-state index contributed by atoms with van der Waals surface area (Å²) in [6, 6.07) is 12.3. The van der Waals surface area contributed by atoms with Crippen molar-refractivity contribution in [3.63, 3.8) is 0 Å². The Kier molecular flexibility index (Phi) is 8.01. The molecule has 1 amide bonds. The molecule has 0 bridgehead atoms. The van der Waals surface area contributed by atoms with Crippen LogP contribution in [0.3, 0.4) is 0 Å². The highest BCUT2D eigenvalue weighted by Gasteiger charge is 2.42. The van der Waals surface area contributed by atoms with Crippen molar-refractivity contribution < 1.29 is 27.4 Å². The van der Waals surface area contributed by atoms with E-state index in [2.05, 4.69) is 0 Å². The van der Waals surface area contributed by atoms with E-state index in [-0.39, 0.29) is 22.6 Å². The summed E-state index contributed by atoms with van der Waals surface area (Å²) in [6.07, 6.45) is 3.75. The van der Waals surface area contributed by atoms with Crippen LogP contribution in [0.5, 0.6) is 11.5 Å². The Balaban J connectivity index is 1.50. The summed E-state index contributed by atoms with van der Waals surface area (Å²) >= 11 is 0. The number of morpholine rings is 1. The van der Waals surface area contributed by atoms with Crippen LogP contribution < -0.4 is 14.5 Å². The van der Waals surface area contributed by atoms with Gasteiger partial charge in [0.15, 0.2) is 11.5 Å². The maximum absolute atomic E-state index is 13.6. The van der Waals surface area contributed by atoms with E-state index in [4.69, 9.17) is 19.3 Å². The highest BCUT2D eigenvalue weighted by atomic mass is 32.2. The standard InChI is InChI=1S/C28H35N3O6S/c1-3-36-25-14-9-20(19-26(25)37-4-2)27-23-7-5-6-8-24(23)28(32)31(29-27)21-10-12-22(13-11-21)38(33,34)30-15-17-35-18-16-30/h9-14,19,23-24H,3-8,15-18H2,1-2H3. The van der Waals surface area contributed by atoms with Gasteiger partial charge in [-0.25, -0.2) is 13.4 Å². The maximum Gasteiger partial charge on any atom is 0.251 e. The van der Waals surface area contributed by atoms with Gasteiger partial charge >= 0.3 is 0 Å². The molecule has 2 unspecified atom stereocenters. The summed E-state index contributed by atoms with van der Waals surface area (Å²) < 4.78 is 44.4. The monoisotopic (exact) mass is 541 g/mol. The first kappa shape index (κ1) is 26.6. The summed E-state index contributed by atoms with van der Waals surface area (Å²) in [7, 11) is -3.63. The SMILES string of the molecule is CCOc1ccc(C2=NN(c3ccc(S(=O)(=O)N4CCOCC4)cc3)C(=O)C3CCCCC23)cc1OCC. The Bertz CT molecular complexity index is 1290. The molecule has 10 heteroatoms. The Hall–Kier alpha value is -2.95. The number of hydrogen-bond acceptors (Lipinski definition) is 7. The normalized spacial score (nSPS) is 22.5. The lowest BCUT2D eigenvalue weighted by atomic mass is 9.73. The number of fused-ring (bicyclic) bond motifs is 1. The fraction of sp³-hybridized carbons (Fsp3) is 0.500. The van der Waals surface area contributed by atoms with Crippen LogP contribution in [0.25, 0.3) is 0 Å². The molecule has 2 aliphatic heterocycles. The molecule has 9 nitrogen and oxygen atoms in total. The second-order valence-electron chi connectivity index (χ2n) is 9.67. The van der Waals surface area contributed by atoms with E-state index in [1.54, 1.807) is 24.3 Å². The van der Waals surface area contributed by atoms with Crippen LogP contribution in [0, 0.1) is 11.8 Å². The van der Waals surface area contributed by atoms with E-state index in [0.29, 0.717) is 56.7 Å². The molecule has 1 saturated carbocycles. The minimum Gasteiger partial charge on any atom is -0.490 e. The number of sulfonamides is 1. The zero-order chi connectivity index (χ0) is 26.7. The number of hydrazone groups is 1. The number of carbonyl (C=O) groups excluding carboxylic acids is 1. The molecule has 0 radical (unpaired) electrons. The van der Waals surface area contributed by atoms with Gasteiger partial charge in [0, 0.05) is 30.5 Å². The smallest absolute Gasteiger partial charge is 0.251 e.